The quantitative estimate of drug-likeness (QED) is 0.740. The van der Waals surface area contributed by atoms with Crippen LogP contribution in [0.2, 0.25) is 0 Å². The van der Waals surface area contributed by atoms with E-state index in [9.17, 15) is 0 Å². The summed E-state index contributed by atoms with van der Waals surface area (Å²) in [6.07, 6.45) is 3.22. The molecule has 2 aromatic heterocycles. The lowest BCUT2D eigenvalue weighted by Gasteiger charge is -2.10. The lowest BCUT2D eigenvalue weighted by atomic mass is 10.2. The van der Waals surface area contributed by atoms with E-state index in [1.54, 1.807) is 12.3 Å². The molecule has 1 aromatic carbocycles. The van der Waals surface area contributed by atoms with Crippen molar-refractivity contribution in [2.24, 2.45) is 0 Å². The Morgan fingerprint density at radius 3 is 2.80 bits per heavy atom. The van der Waals surface area contributed by atoms with Gasteiger partial charge in [-0.15, -0.1) is 0 Å². The Hall–Kier alpha value is -3.13. The van der Waals surface area contributed by atoms with Crippen LogP contribution >= 0.6 is 0 Å². The smallest absolute Gasteiger partial charge is 0.153 e. The highest BCUT2D eigenvalue weighted by atomic mass is 15.0. The van der Waals surface area contributed by atoms with Crippen LogP contribution in [0.5, 0.6) is 0 Å². The minimum atomic E-state index is 0.428. The second kappa shape index (κ2) is 4.86. The van der Waals surface area contributed by atoms with Gasteiger partial charge < -0.3 is 11.1 Å². The number of aromatic nitrogens is 2. The highest BCUT2D eigenvalue weighted by Gasteiger charge is 2.06. The zero-order valence-corrected chi connectivity index (χ0v) is 10.5. The molecule has 0 unspecified atom stereocenters. The molecule has 96 valence electrons. The van der Waals surface area contributed by atoms with Gasteiger partial charge in [0.25, 0.3) is 0 Å². The summed E-state index contributed by atoms with van der Waals surface area (Å²) in [7, 11) is 0. The minimum absolute atomic E-state index is 0.428. The van der Waals surface area contributed by atoms with E-state index in [1.807, 2.05) is 36.4 Å². The van der Waals surface area contributed by atoms with Crippen molar-refractivity contribution in [2.75, 3.05) is 11.1 Å². The first-order valence-electron chi connectivity index (χ1n) is 6.04. The maximum atomic E-state index is 8.81. The Labute approximate surface area is 115 Å². The molecule has 0 amide bonds. The molecule has 20 heavy (non-hydrogen) atoms. The number of nitriles is 1. The van der Waals surface area contributed by atoms with E-state index in [0.29, 0.717) is 17.1 Å². The van der Waals surface area contributed by atoms with Gasteiger partial charge in [0.1, 0.15) is 6.07 Å². The van der Waals surface area contributed by atoms with Gasteiger partial charge in [-0.1, -0.05) is 18.2 Å². The molecule has 3 N–H and O–H groups in total. The normalized spacial score (nSPS) is 10.2. The third-order valence-electron chi connectivity index (χ3n) is 2.93. The third-order valence-corrected chi connectivity index (χ3v) is 2.93. The van der Waals surface area contributed by atoms with E-state index >= 15 is 0 Å². The molecule has 0 radical (unpaired) electrons. The molecule has 3 rings (SSSR count). The molecule has 0 aliphatic heterocycles. The molecule has 0 spiro atoms. The molecule has 0 aliphatic carbocycles. The van der Waals surface area contributed by atoms with Crippen molar-refractivity contribution in [1.82, 2.24) is 9.97 Å². The first-order chi connectivity index (χ1) is 9.78. The summed E-state index contributed by atoms with van der Waals surface area (Å²) in [6, 6.07) is 13.3. The van der Waals surface area contributed by atoms with Crippen molar-refractivity contribution in [2.45, 2.75) is 0 Å². The molecule has 0 atom stereocenters. The van der Waals surface area contributed by atoms with Crippen molar-refractivity contribution in [1.29, 1.82) is 5.26 Å². The number of fused-ring (bicyclic) bond motifs is 1. The third kappa shape index (κ3) is 2.10. The topological polar surface area (TPSA) is 87.6 Å². The Morgan fingerprint density at radius 1 is 1.15 bits per heavy atom. The fraction of sp³-hybridized carbons (Fsp3) is 0. The number of anilines is 3. The molecular weight excluding hydrogens is 250 g/mol. The largest absolute Gasteiger partial charge is 0.396 e. The zero-order chi connectivity index (χ0) is 13.9. The number of nitrogens with one attached hydrogen (secondary N) is 1. The monoisotopic (exact) mass is 261 g/mol. The second-order valence-corrected chi connectivity index (χ2v) is 4.28. The number of rotatable bonds is 2. The number of hydrogen-bond acceptors (Lipinski definition) is 5. The maximum Gasteiger partial charge on any atom is 0.153 e. The first-order valence-corrected chi connectivity index (χ1v) is 6.04. The zero-order valence-electron chi connectivity index (χ0n) is 10.5. The van der Waals surface area contributed by atoms with Gasteiger partial charge in [0, 0.05) is 17.8 Å². The van der Waals surface area contributed by atoms with Crippen molar-refractivity contribution in [3.8, 4) is 6.07 Å². The average molecular weight is 261 g/mol. The van der Waals surface area contributed by atoms with Gasteiger partial charge in [-0.25, -0.2) is 4.98 Å². The van der Waals surface area contributed by atoms with Crippen LogP contribution in [-0.2, 0) is 0 Å². The fourth-order valence-electron chi connectivity index (χ4n) is 1.98. The minimum Gasteiger partial charge on any atom is -0.396 e. The lowest BCUT2D eigenvalue weighted by molar-refractivity contribution is 1.29. The van der Waals surface area contributed by atoms with E-state index < -0.39 is 0 Å². The van der Waals surface area contributed by atoms with Gasteiger partial charge >= 0.3 is 0 Å². The van der Waals surface area contributed by atoms with Crippen LogP contribution in [0.25, 0.3) is 10.9 Å². The predicted octanol–water partition coefficient (Wildman–Crippen LogP) is 2.83. The number of nitrogen functional groups attached to an aromatic ring is 1. The summed E-state index contributed by atoms with van der Waals surface area (Å²) in [5.74, 6) is 0.516. The van der Waals surface area contributed by atoms with Crippen LogP contribution in [0.15, 0.2) is 48.8 Å². The van der Waals surface area contributed by atoms with Crippen LogP contribution in [0.1, 0.15) is 5.56 Å². The Bertz CT molecular complexity index is 815. The summed E-state index contributed by atoms with van der Waals surface area (Å²) < 4.78 is 0. The van der Waals surface area contributed by atoms with E-state index in [0.717, 1.165) is 16.6 Å². The molecular formula is C15H11N5. The molecule has 2 heterocycles. The molecule has 0 saturated heterocycles. The van der Waals surface area contributed by atoms with Crippen LogP contribution in [-0.4, -0.2) is 9.97 Å². The molecule has 0 fully saturated rings. The van der Waals surface area contributed by atoms with Crippen LogP contribution in [0, 0.1) is 11.3 Å². The van der Waals surface area contributed by atoms with Crippen molar-refractivity contribution in [3.05, 3.63) is 54.4 Å². The van der Waals surface area contributed by atoms with Gasteiger partial charge in [-0.05, 0) is 18.2 Å². The summed E-state index contributed by atoms with van der Waals surface area (Å²) in [6.45, 7) is 0. The highest BCUT2D eigenvalue weighted by molar-refractivity contribution is 5.92. The van der Waals surface area contributed by atoms with E-state index in [1.165, 1.54) is 6.20 Å². The second-order valence-electron chi connectivity index (χ2n) is 4.28. The number of benzene rings is 1. The Morgan fingerprint density at radius 2 is 2.00 bits per heavy atom. The number of nitrogens with two attached hydrogens (primary N) is 1. The number of pyridine rings is 2. The molecule has 5 heteroatoms. The van der Waals surface area contributed by atoms with E-state index in [4.69, 9.17) is 11.0 Å². The van der Waals surface area contributed by atoms with Gasteiger partial charge in [0.15, 0.2) is 5.82 Å². The number of nitrogens with zero attached hydrogens (tertiary/aromatic N) is 3. The van der Waals surface area contributed by atoms with Crippen molar-refractivity contribution >= 4 is 28.1 Å². The van der Waals surface area contributed by atoms with Gasteiger partial charge in [0.2, 0.25) is 0 Å². The van der Waals surface area contributed by atoms with E-state index in [-0.39, 0.29) is 0 Å². The van der Waals surface area contributed by atoms with Gasteiger partial charge in [0.05, 0.1) is 22.5 Å². The average Bonchev–Trinajstić information content (AvgIpc) is 2.49. The molecule has 0 saturated carbocycles. The van der Waals surface area contributed by atoms with Crippen molar-refractivity contribution < 1.29 is 0 Å². The summed E-state index contributed by atoms with van der Waals surface area (Å²) in [5, 5.41) is 13.0. The highest BCUT2D eigenvalue weighted by Crippen LogP contribution is 2.26. The van der Waals surface area contributed by atoms with Crippen LogP contribution in [0.3, 0.4) is 0 Å². The van der Waals surface area contributed by atoms with Crippen LogP contribution in [0.4, 0.5) is 17.2 Å². The fourth-order valence-corrected chi connectivity index (χ4v) is 1.98. The van der Waals surface area contributed by atoms with Gasteiger partial charge in [-0.2, -0.15) is 5.26 Å². The summed E-state index contributed by atoms with van der Waals surface area (Å²) in [4.78, 5) is 8.52. The summed E-state index contributed by atoms with van der Waals surface area (Å²) in [5.41, 5.74) is 8.43. The summed E-state index contributed by atoms with van der Waals surface area (Å²) >= 11 is 0. The van der Waals surface area contributed by atoms with Crippen LogP contribution < -0.4 is 11.1 Å². The SMILES string of the molecule is N#Cc1cnc(Nc2cccc3cccnc23)c(N)c1. The van der Waals surface area contributed by atoms with Crippen molar-refractivity contribution in [3.63, 3.8) is 0 Å². The molecule has 0 bridgehead atoms. The van der Waals surface area contributed by atoms with E-state index in [2.05, 4.69) is 15.3 Å². The molecule has 3 aromatic rings. The maximum absolute atomic E-state index is 8.81. The number of para-hydroxylation sites is 1. The molecule has 5 nitrogen and oxygen atoms in total. The Balaban J connectivity index is 2.04. The lowest BCUT2D eigenvalue weighted by Crippen LogP contribution is -2.00. The first kappa shape index (κ1) is 11.9. The van der Waals surface area contributed by atoms with Gasteiger partial charge in [-0.3, -0.25) is 4.98 Å². The predicted molar refractivity (Wildman–Crippen MR) is 78.4 cm³/mol. The number of hydrogen-bond donors (Lipinski definition) is 2. The molecule has 0 aliphatic rings. The Kier molecular flexibility index (Phi) is 2.90. The standard InChI is InChI=1S/C15H11N5/c16-8-10-7-12(17)15(19-9-10)20-13-5-1-3-11-4-2-6-18-14(11)13/h1-7,9H,17H2,(H,19,20).